The van der Waals surface area contributed by atoms with Crippen molar-refractivity contribution in [2.75, 3.05) is 46.3 Å². The van der Waals surface area contributed by atoms with Gasteiger partial charge in [0.2, 0.25) is 0 Å². The number of rotatable bonds is 6. The molecule has 2 aliphatic heterocycles. The van der Waals surface area contributed by atoms with E-state index in [-0.39, 0.29) is 24.0 Å². The monoisotopic (exact) mass is 499 g/mol. The molecule has 2 fully saturated rings. The Balaban J connectivity index is 0.00000280. The van der Waals surface area contributed by atoms with Crippen molar-refractivity contribution in [3.63, 3.8) is 0 Å². The summed E-state index contributed by atoms with van der Waals surface area (Å²) in [5.74, 6) is 1.80. The second kappa shape index (κ2) is 12.6. The molecule has 0 saturated carbocycles. The van der Waals surface area contributed by atoms with Gasteiger partial charge in [-0.3, -0.25) is 9.89 Å². The number of halogens is 1. The van der Waals surface area contributed by atoms with E-state index in [2.05, 4.69) is 62.7 Å². The predicted molar refractivity (Wildman–Crippen MR) is 129 cm³/mol. The molecule has 2 heterocycles. The molecule has 1 unspecified atom stereocenters. The second-order valence-electron chi connectivity index (χ2n) is 8.23. The van der Waals surface area contributed by atoms with Gasteiger partial charge >= 0.3 is 0 Å². The van der Waals surface area contributed by atoms with E-state index in [1.165, 1.54) is 44.3 Å². The van der Waals surface area contributed by atoms with Gasteiger partial charge in [0, 0.05) is 52.4 Å². The Hall–Kier alpha value is -0.860. The highest BCUT2D eigenvalue weighted by Gasteiger charge is 2.20. The highest BCUT2D eigenvalue weighted by atomic mass is 127. The van der Waals surface area contributed by atoms with Crippen molar-refractivity contribution < 1.29 is 0 Å². The van der Waals surface area contributed by atoms with Crippen molar-refractivity contribution in [3.05, 3.63) is 35.9 Å². The lowest BCUT2D eigenvalue weighted by Gasteiger charge is -2.33. The summed E-state index contributed by atoms with van der Waals surface area (Å²) < 4.78 is 0. The summed E-state index contributed by atoms with van der Waals surface area (Å²) in [5, 5.41) is 7.14. The van der Waals surface area contributed by atoms with E-state index in [0.717, 1.165) is 44.6 Å². The third-order valence-electron chi connectivity index (χ3n) is 5.86. The third-order valence-corrected chi connectivity index (χ3v) is 5.86. The first-order valence-electron chi connectivity index (χ1n) is 10.7. The summed E-state index contributed by atoms with van der Waals surface area (Å²) in [7, 11) is 1.88. The summed E-state index contributed by atoms with van der Waals surface area (Å²) in [6.07, 6.45) is 5.08. The summed E-state index contributed by atoms with van der Waals surface area (Å²) in [4.78, 5) is 9.57. The highest BCUT2D eigenvalue weighted by Crippen LogP contribution is 2.15. The number of guanidine groups is 1. The second-order valence-corrected chi connectivity index (χ2v) is 8.23. The Morgan fingerprint density at radius 2 is 1.82 bits per heavy atom. The van der Waals surface area contributed by atoms with Gasteiger partial charge in [-0.15, -0.1) is 24.0 Å². The molecular weight excluding hydrogens is 461 g/mol. The van der Waals surface area contributed by atoms with Gasteiger partial charge in [-0.25, -0.2) is 0 Å². The van der Waals surface area contributed by atoms with Crippen LogP contribution in [0.1, 0.15) is 38.2 Å². The molecule has 0 spiro atoms. The summed E-state index contributed by atoms with van der Waals surface area (Å²) >= 11 is 0. The van der Waals surface area contributed by atoms with E-state index < -0.39 is 0 Å². The molecule has 158 valence electrons. The minimum Gasteiger partial charge on any atom is -0.355 e. The number of likely N-dealkylation sites (tertiary alicyclic amines) is 2. The van der Waals surface area contributed by atoms with Crippen LogP contribution in [-0.2, 0) is 6.54 Å². The lowest BCUT2D eigenvalue weighted by Crippen LogP contribution is -2.50. The first kappa shape index (κ1) is 23.4. The zero-order valence-electron chi connectivity index (χ0n) is 17.6. The molecule has 2 aliphatic rings. The van der Waals surface area contributed by atoms with Gasteiger partial charge < -0.3 is 15.5 Å². The van der Waals surface area contributed by atoms with Gasteiger partial charge in [0.1, 0.15) is 0 Å². The molecule has 0 aromatic heterocycles. The van der Waals surface area contributed by atoms with Crippen LogP contribution in [0, 0.1) is 5.92 Å². The van der Waals surface area contributed by atoms with E-state index in [4.69, 9.17) is 0 Å². The molecule has 28 heavy (non-hydrogen) atoms. The number of benzene rings is 1. The topological polar surface area (TPSA) is 42.9 Å². The van der Waals surface area contributed by atoms with Crippen molar-refractivity contribution in [2.24, 2.45) is 10.9 Å². The smallest absolute Gasteiger partial charge is 0.191 e. The fraction of sp³-hybridized carbons (Fsp3) is 0.682. The maximum Gasteiger partial charge on any atom is 0.191 e. The molecule has 2 saturated heterocycles. The van der Waals surface area contributed by atoms with Crippen LogP contribution in [0.3, 0.4) is 0 Å². The fourth-order valence-corrected chi connectivity index (χ4v) is 4.29. The van der Waals surface area contributed by atoms with Crippen LogP contribution in [0.15, 0.2) is 35.3 Å². The van der Waals surface area contributed by atoms with Crippen molar-refractivity contribution in [1.82, 2.24) is 20.4 Å². The van der Waals surface area contributed by atoms with Crippen molar-refractivity contribution in [3.8, 4) is 0 Å². The molecule has 0 radical (unpaired) electrons. The van der Waals surface area contributed by atoms with Crippen LogP contribution < -0.4 is 10.6 Å². The lowest BCUT2D eigenvalue weighted by atomic mass is 10.0. The first-order chi connectivity index (χ1) is 13.2. The zero-order valence-corrected chi connectivity index (χ0v) is 19.9. The number of nitrogens with one attached hydrogen (secondary N) is 2. The fourth-order valence-electron chi connectivity index (χ4n) is 4.29. The number of aliphatic imine (C=N–C) groups is 1. The quantitative estimate of drug-likeness (QED) is 0.359. The number of piperidine rings is 2. The van der Waals surface area contributed by atoms with Crippen LogP contribution in [0.4, 0.5) is 0 Å². The maximum atomic E-state index is 4.43. The third kappa shape index (κ3) is 7.87. The van der Waals surface area contributed by atoms with Crippen LogP contribution in [0.5, 0.6) is 0 Å². The Kier molecular flexibility index (Phi) is 10.6. The van der Waals surface area contributed by atoms with Gasteiger partial charge in [0.15, 0.2) is 5.96 Å². The standard InChI is InChI=1S/C22H37N5.HI/c1-19-7-6-13-26(17-19)16-12-24-22(23-2)25-21-10-14-27(15-11-21)18-20-8-4-3-5-9-20;/h3-5,8-9,19,21H,6-7,10-18H2,1-2H3,(H2,23,24,25);1H. The van der Waals surface area contributed by atoms with Gasteiger partial charge in [-0.1, -0.05) is 37.3 Å². The van der Waals surface area contributed by atoms with E-state index in [0.29, 0.717) is 6.04 Å². The van der Waals surface area contributed by atoms with E-state index >= 15 is 0 Å². The molecule has 3 rings (SSSR count). The minimum atomic E-state index is 0. The van der Waals surface area contributed by atoms with E-state index in [1.807, 2.05) is 7.05 Å². The summed E-state index contributed by atoms with van der Waals surface area (Å²) in [6, 6.07) is 11.3. The zero-order chi connectivity index (χ0) is 18.9. The van der Waals surface area contributed by atoms with Crippen LogP contribution in [-0.4, -0.2) is 68.1 Å². The molecule has 0 amide bonds. The highest BCUT2D eigenvalue weighted by molar-refractivity contribution is 14.0. The molecule has 0 bridgehead atoms. The Bertz CT molecular complexity index is 572. The summed E-state index contributed by atoms with van der Waals surface area (Å²) in [5.41, 5.74) is 1.41. The molecule has 0 aliphatic carbocycles. The molecule has 2 N–H and O–H groups in total. The average Bonchev–Trinajstić information content (AvgIpc) is 2.69. The largest absolute Gasteiger partial charge is 0.355 e. The Morgan fingerprint density at radius 1 is 1.07 bits per heavy atom. The Morgan fingerprint density at radius 3 is 2.50 bits per heavy atom. The SMILES string of the molecule is CN=C(NCCN1CCCC(C)C1)NC1CCN(Cc2ccccc2)CC1.I. The summed E-state index contributed by atoms with van der Waals surface area (Å²) in [6.45, 7) is 10.3. The van der Waals surface area contributed by atoms with Gasteiger partial charge in [-0.2, -0.15) is 0 Å². The molecular formula is C22H38IN5. The van der Waals surface area contributed by atoms with Crippen LogP contribution in [0.2, 0.25) is 0 Å². The van der Waals surface area contributed by atoms with Gasteiger partial charge in [-0.05, 0) is 43.7 Å². The van der Waals surface area contributed by atoms with Crippen molar-refractivity contribution >= 4 is 29.9 Å². The van der Waals surface area contributed by atoms with Crippen LogP contribution >= 0.6 is 24.0 Å². The van der Waals surface area contributed by atoms with Gasteiger partial charge in [0.05, 0.1) is 0 Å². The van der Waals surface area contributed by atoms with Gasteiger partial charge in [0.25, 0.3) is 0 Å². The minimum absolute atomic E-state index is 0. The normalized spacial score (nSPS) is 22.5. The predicted octanol–water partition coefficient (Wildman–Crippen LogP) is 3.17. The Labute approximate surface area is 188 Å². The molecule has 1 aromatic rings. The molecule has 1 atom stereocenters. The molecule has 5 nitrogen and oxygen atoms in total. The molecule has 6 heteroatoms. The number of hydrogen-bond donors (Lipinski definition) is 2. The maximum absolute atomic E-state index is 4.43. The lowest BCUT2D eigenvalue weighted by molar-refractivity contribution is 0.186. The van der Waals surface area contributed by atoms with Crippen molar-refractivity contribution in [1.29, 1.82) is 0 Å². The first-order valence-corrected chi connectivity index (χ1v) is 10.7. The van der Waals surface area contributed by atoms with Crippen molar-refractivity contribution in [2.45, 2.75) is 45.2 Å². The number of hydrogen-bond acceptors (Lipinski definition) is 3. The average molecular weight is 499 g/mol. The van der Waals surface area contributed by atoms with Crippen LogP contribution in [0.25, 0.3) is 0 Å². The number of nitrogens with zero attached hydrogens (tertiary/aromatic N) is 3. The van der Waals surface area contributed by atoms with E-state index in [9.17, 15) is 0 Å². The van der Waals surface area contributed by atoms with E-state index in [1.54, 1.807) is 0 Å². The molecule has 1 aromatic carbocycles.